The highest BCUT2D eigenvalue weighted by Gasteiger charge is 2.22. The summed E-state index contributed by atoms with van der Waals surface area (Å²) in [5.74, 6) is -0.239. The Balaban J connectivity index is 1.59. The summed E-state index contributed by atoms with van der Waals surface area (Å²) in [6, 6.07) is 3.97. The zero-order chi connectivity index (χ0) is 27.6. The van der Waals surface area contributed by atoms with Gasteiger partial charge in [0.2, 0.25) is 0 Å². The van der Waals surface area contributed by atoms with Crippen molar-refractivity contribution in [2.24, 2.45) is 5.92 Å². The Morgan fingerprint density at radius 2 is 1.95 bits per heavy atom. The molecule has 39 heavy (non-hydrogen) atoms. The lowest BCUT2D eigenvalue weighted by Gasteiger charge is -2.19. The fourth-order valence-corrected chi connectivity index (χ4v) is 5.33. The molecule has 0 aliphatic carbocycles. The number of hydrogen-bond acceptors (Lipinski definition) is 6. The third-order valence-corrected chi connectivity index (χ3v) is 7.55. The SMILES string of the molecule is C=C(/C=C/C1CCOCC1)/C=C1/C(=O)NCCOCCc2cc(ccn2)C2=CC(=C)C(=CS2)C(=O)N/C1=C/C. The number of nitrogens with zero attached hydrogens (tertiary/aromatic N) is 1. The third-order valence-electron chi connectivity index (χ3n) is 6.59. The number of rotatable bonds is 3. The molecule has 1 saturated heterocycles. The highest BCUT2D eigenvalue weighted by atomic mass is 32.2. The highest BCUT2D eigenvalue weighted by molar-refractivity contribution is 8.11. The van der Waals surface area contributed by atoms with Crippen LogP contribution in [0.3, 0.4) is 0 Å². The van der Waals surface area contributed by atoms with Crippen LogP contribution in [0.1, 0.15) is 31.0 Å². The van der Waals surface area contributed by atoms with Gasteiger partial charge >= 0.3 is 0 Å². The molecule has 0 spiro atoms. The second-order valence-corrected chi connectivity index (χ2v) is 10.3. The zero-order valence-corrected chi connectivity index (χ0v) is 23.1. The van der Waals surface area contributed by atoms with E-state index in [-0.39, 0.29) is 11.8 Å². The molecule has 0 atom stereocenters. The molecule has 4 aliphatic rings. The Labute approximate surface area is 234 Å². The summed E-state index contributed by atoms with van der Waals surface area (Å²) in [5, 5.41) is 7.63. The number of pyridine rings is 1. The average Bonchev–Trinajstić information content (AvgIpc) is 2.95. The van der Waals surface area contributed by atoms with Gasteiger partial charge in [0.1, 0.15) is 0 Å². The Bertz CT molecular complexity index is 1280. The minimum atomic E-state index is -0.335. The van der Waals surface area contributed by atoms with Crippen molar-refractivity contribution in [3.63, 3.8) is 0 Å². The van der Waals surface area contributed by atoms with E-state index in [4.69, 9.17) is 9.47 Å². The molecule has 0 aromatic carbocycles. The topological polar surface area (TPSA) is 89.6 Å². The van der Waals surface area contributed by atoms with Crippen molar-refractivity contribution in [3.8, 4) is 0 Å². The number of carbonyl (C=O) groups is 2. The number of allylic oxidation sites excluding steroid dienone is 6. The fraction of sp³-hybridized carbons (Fsp3) is 0.323. The predicted molar refractivity (Wildman–Crippen MR) is 156 cm³/mol. The van der Waals surface area contributed by atoms with Crippen molar-refractivity contribution < 1.29 is 19.1 Å². The molecular weight excluding hydrogens is 510 g/mol. The Hall–Kier alpha value is -3.46. The fourth-order valence-electron chi connectivity index (χ4n) is 4.35. The molecule has 204 valence electrons. The van der Waals surface area contributed by atoms with Crippen molar-refractivity contribution >= 4 is 28.5 Å². The van der Waals surface area contributed by atoms with Crippen LogP contribution in [0.4, 0.5) is 0 Å². The van der Waals surface area contributed by atoms with Crippen molar-refractivity contribution in [2.45, 2.75) is 26.2 Å². The Morgan fingerprint density at radius 1 is 1.15 bits per heavy atom. The summed E-state index contributed by atoms with van der Waals surface area (Å²) < 4.78 is 11.2. The van der Waals surface area contributed by atoms with Gasteiger partial charge in [0.25, 0.3) is 11.8 Å². The van der Waals surface area contributed by atoms with Crippen LogP contribution >= 0.6 is 11.8 Å². The molecular formula is C31H35N3O4S. The van der Waals surface area contributed by atoms with Crippen LogP contribution < -0.4 is 10.6 Å². The minimum absolute atomic E-state index is 0.318. The number of amides is 2. The second kappa shape index (κ2) is 14.1. The van der Waals surface area contributed by atoms with Crippen LogP contribution in [0.2, 0.25) is 0 Å². The maximum absolute atomic E-state index is 13.3. The van der Waals surface area contributed by atoms with Gasteiger partial charge < -0.3 is 20.1 Å². The normalized spacial score (nSPS) is 22.2. The van der Waals surface area contributed by atoms with Gasteiger partial charge in [-0.15, -0.1) is 0 Å². The largest absolute Gasteiger partial charge is 0.381 e. The lowest BCUT2D eigenvalue weighted by molar-refractivity contribution is -0.117. The molecule has 4 bridgehead atoms. The molecule has 1 aromatic rings. The first kappa shape index (κ1) is 28.5. The van der Waals surface area contributed by atoms with Crippen LogP contribution in [-0.2, 0) is 25.5 Å². The van der Waals surface area contributed by atoms with Gasteiger partial charge in [-0.3, -0.25) is 14.6 Å². The molecule has 5 heterocycles. The number of ether oxygens (including phenoxy) is 2. The lowest BCUT2D eigenvalue weighted by atomic mass is 9.98. The van der Waals surface area contributed by atoms with Crippen molar-refractivity contribution in [1.82, 2.24) is 15.6 Å². The van der Waals surface area contributed by atoms with Crippen LogP contribution in [0.5, 0.6) is 0 Å². The molecule has 8 heteroatoms. The van der Waals surface area contributed by atoms with Crippen molar-refractivity contribution in [2.75, 3.05) is 33.0 Å². The molecule has 7 nitrogen and oxygen atoms in total. The number of nitrogens with one attached hydrogen (secondary N) is 2. The van der Waals surface area contributed by atoms with Gasteiger partial charge in [0.05, 0.1) is 24.4 Å². The maximum Gasteiger partial charge on any atom is 0.256 e. The first-order valence-corrected chi connectivity index (χ1v) is 14.1. The monoisotopic (exact) mass is 545 g/mol. The van der Waals surface area contributed by atoms with Crippen molar-refractivity contribution in [3.05, 3.63) is 107 Å². The van der Waals surface area contributed by atoms with Gasteiger partial charge in [0.15, 0.2) is 0 Å². The number of aromatic nitrogens is 1. The number of hydrogen-bond donors (Lipinski definition) is 2. The van der Waals surface area contributed by atoms with Crippen LogP contribution in [0.25, 0.3) is 4.91 Å². The molecule has 2 N–H and O–H groups in total. The number of carbonyl (C=O) groups excluding carboxylic acids is 2. The van der Waals surface area contributed by atoms with Crippen LogP contribution in [0.15, 0.2) is 95.3 Å². The third kappa shape index (κ3) is 8.02. The first-order valence-electron chi connectivity index (χ1n) is 13.2. The molecule has 0 unspecified atom stereocenters. The quantitative estimate of drug-likeness (QED) is 0.420. The average molecular weight is 546 g/mol. The van der Waals surface area contributed by atoms with Gasteiger partial charge in [-0.1, -0.05) is 43.1 Å². The van der Waals surface area contributed by atoms with E-state index in [0.717, 1.165) is 42.2 Å². The van der Waals surface area contributed by atoms with E-state index in [0.29, 0.717) is 60.1 Å². The maximum atomic E-state index is 13.3. The molecule has 2 amide bonds. The summed E-state index contributed by atoms with van der Waals surface area (Å²) in [7, 11) is 0. The summed E-state index contributed by atoms with van der Waals surface area (Å²) in [4.78, 5) is 32.1. The van der Waals surface area contributed by atoms with E-state index in [2.05, 4.69) is 34.9 Å². The summed E-state index contributed by atoms with van der Waals surface area (Å²) >= 11 is 1.46. The van der Waals surface area contributed by atoms with Gasteiger partial charge in [-0.2, -0.15) is 0 Å². The van der Waals surface area contributed by atoms with Crippen molar-refractivity contribution in [1.29, 1.82) is 0 Å². The Kier molecular flexibility index (Phi) is 10.3. The highest BCUT2D eigenvalue weighted by Crippen LogP contribution is 2.37. The van der Waals surface area contributed by atoms with E-state index in [1.165, 1.54) is 11.8 Å². The molecule has 1 aromatic heterocycles. The van der Waals surface area contributed by atoms with E-state index in [1.54, 1.807) is 30.7 Å². The standard InChI is InChI=1S/C31H35N3O4S/c1-4-28-26(17-21(2)5-6-23-8-13-37-14-9-23)30(35)33-12-16-38-15-10-25-19-24(7-11-32-25)29-18-22(3)27(20-39-29)31(36)34-28/h4-7,11,17-20,23H,2-3,8-10,12-16H2,1H3,(H,33,35)(H,34,36)/b6-5+,26-17+,28-4+. The summed E-state index contributed by atoms with van der Waals surface area (Å²) in [6.07, 6.45) is 13.7. The van der Waals surface area contributed by atoms with Gasteiger partial charge in [0, 0.05) is 48.7 Å². The number of fused-ring (bicyclic) bond motifs is 12. The first-order chi connectivity index (χ1) is 18.9. The zero-order valence-electron chi connectivity index (χ0n) is 22.3. The molecule has 4 aliphatic heterocycles. The van der Waals surface area contributed by atoms with Gasteiger partial charge in [-0.05, 0) is 72.1 Å². The van der Waals surface area contributed by atoms with E-state index < -0.39 is 0 Å². The predicted octanol–water partition coefficient (Wildman–Crippen LogP) is 4.78. The van der Waals surface area contributed by atoms with E-state index >= 15 is 0 Å². The Morgan fingerprint density at radius 3 is 2.72 bits per heavy atom. The second-order valence-electron chi connectivity index (χ2n) is 9.44. The smallest absolute Gasteiger partial charge is 0.256 e. The molecule has 5 rings (SSSR count). The molecule has 0 radical (unpaired) electrons. The lowest BCUT2D eigenvalue weighted by Crippen LogP contribution is -2.34. The van der Waals surface area contributed by atoms with Gasteiger partial charge in [-0.25, -0.2) is 0 Å². The van der Waals surface area contributed by atoms with E-state index in [1.807, 2.05) is 24.3 Å². The summed E-state index contributed by atoms with van der Waals surface area (Å²) in [5.41, 5.74) is 4.35. The summed E-state index contributed by atoms with van der Waals surface area (Å²) in [6.45, 7) is 12.7. The number of thioether (sulfide) groups is 1. The molecule has 1 fully saturated rings. The van der Waals surface area contributed by atoms with Crippen LogP contribution in [-0.4, -0.2) is 49.8 Å². The van der Waals surface area contributed by atoms with E-state index in [9.17, 15) is 9.59 Å². The molecule has 0 saturated carbocycles. The van der Waals surface area contributed by atoms with Crippen LogP contribution in [0, 0.1) is 5.92 Å². The minimum Gasteiger partial charge on any atom is -0.381 e.